The van der Waals surface area contributed by atoms with E-state index in [1.54, 1.807) is 36.4 Å². The van der Waals surface area contributed by atoms with Gasteiger partial charge in [0.05, 0.1) is 22.8 Å². The Morgan fingerprint density at radius 1 is 1.12 bits per heavy atom. The number of hydrogen-bond acceptors (Lipinski definition) is 6. The number of methoxy groups -OCH3 is 1. The first-order valence-corrected chi connectivity index (χ1v) is 7.86. The largest absolute Gasteiger partial charge is 0.493 e. The summed E-state index contributed by atoms with van der Waals surface area (Å²) in [6.45, 7) is 0.0873. The average molecular weight is 379 g/mol. The summed E-state index contributed by atoms with van der Waals surface area (Å²) in [6, 6.07) is 9.93. The van der Waals surface area contributed by atoms with E-state index >= 15 is 0 Å². The summed E-state index contributed by atoms with van der Waals surface area (Å²) in [4.78, 5) is 10.8. The number of nitrogens with zero attached hydrogens (tertiary/aromatic N) is 4. The van der Waals surface area contributed by atoms with Crippen molar-refractivity contribution in [2.45, 2.75) is 6.61 Å². The molecule has 0 unspecified atom stereocenters. The van der Waals surface area contributed by atoms with E-state index in [1.807, 2.05) is 0 Å². The van der Waals surface area contributed by atoms with E-state index in [-0.39, 0.29) is 6.61 Å². The van der Waals surface area contributed by atoms with Crippen molar-refractivity contribution in [1.82, 2.24) is 20.2 Å². The number of aromatic nitrogens is 4. The van der Waals surface area contributed by atoms with Gasteiger partial charge in [-0.05, 0) is 46.8 Å². The Bertz CT molecular complexity index is 914. The molecule has 0 aliphatic carbocycles. The number of tetrazole rings is 1. The van der Waals surface area contributed by atoms with Gasteiger partial charge in [0.25, 0.3) is 0 Å². The van der Waals surface area contributed by atoms with E-state index in [9.17, 15) is 4.79 Å². The highest BCUT2D eigenvalue weighted by atomic mass is 35.5. The van der Waals surface area contributed by atoms with Crippen LogP contribution in [0.25, 0.3) is 5.69 Å². The molecule has 0 bridgehead atoms. The van der Waals surface area contributed by atoms with Gasteiger partial charge in [-0.2, -0.15) is 4.68 Å². The Morgan fingerprint density at radius 3 is 2.68 bits per heavy atom. The van der Waals surface area contributed by atoms with Crippen molar-refractivity contribution in [2.24, 2.45) is 0 Å². The number of benzene rings is 2. The lowest BCUT2D eigenvalue weighted by molar-refractivity contribution is 0.112. The van der Waals surface area contributed by atoms with Crippen molar-refractivity contribution in [1.29, 1.82) is 0 Å². The third-order valence-electron chi connectivity index (χ3n) is 3.36. The molecule has 1 aromatic heterocycles. The van der Waals surface area contributed by atoms with Crippen LogP contribution in [0.4, 0.5) is 0 Å². The molecule has 0 radical (unpaired) electrons. The number of aldehydes is 1. The minimum atomic E-state index is 0.0873. The fourth-order valence-corrected chi connectivity index (χ4v) is 2.42. The molecule has 25 heavy (non-hydrogen) atoms. The summed E-state index contributed by atoms with van der Waals surface area (Å²) >= 11 is 12.0. The van der Waals surface area contributed by atoms with Gasteiger partial charge in [0.2, 0.25) is 0 Å². The van der Waals surface area contributed by atoms with Gasteiger partial charge in [-0.3, -0.25) is 4.79 Å². The minimum absolute atomic E-state index is 0.0873. The van der Waals surface area contributed by atoms with Crippen LogP contribution in [0.5, 0.6) is 11.5 Å². The molecule has 7 nitrogen and oxygen atoms in total. The van der Waals surface area contributed by atoms with Crippen LogP contribution in [0.15, 0.2) is 36.4 Å². The average Bonchev–Trinajstić information content (AvgIpc) is 3.10. The quantitative estimate of drug-likeness (QED) is 0.611. The van der Waals surface area contributed by atoms with Crippen molar-refractivity contribution in [3.05, 3.63) is 57.8 Å². The van der Waals surface area contributed by atoms with Crippen molar-refractivity contribution >= 4 is 29.5 Å². The SMILES string of the molecule is COc1cc(C=O)ccc1OCc1nnnn1-c1ccc(Cl)c(Cl)c1. The van der Waals surface area contributed by atoms with Crippen LogP contribution in [-0.4, -0.2) is 33.6 Å². The van der Waals surface area contributed by atoms with E-state index in [4.69, 9.17) is 32.7 Å². The number of rotatable bonds is 6. The molecule has 3 rings (SSSR count). The van der Waals surface area contributed by atoms with Gasteiger partial charge >= 0.3 is 0 Å². The summed E-state index contributed by atoms with van der Waals surface area (Å²) < 4.78 is 12.4. The smallest absolute Gasteiger partial charge is 0.194 e. The second-order valence-electron chi connectivity index (χ2n) is 4.92. The number of carbonyl (C=O) groups is 1. The highest BCUT2D eigenvalue weighted by molar-refractivity contribution is 6.42. The molecule has 128 valence electrons. The summed E-state index contributed by atoms with van der Waals surface area (Å²) in [5.74, 6) is 1.37. The third-order valence-corrected chi connectivity index (χ3v) is 4.10. The maximum Gasteiger partial charge on any atom is 0.194 e. The standard InChI is InChI=1S/C16H12Cl2N4O3/c1-24-15-6-10(8-23)2-5-14(15)25-9-16-19-20-21-22(16)11-3-4-12(17)13(18)7-11/h2-8H,9H2,1H3. The Morgan fingerprint density at radius 2 is 1.96 bits per heavy atom. The molecule has 3 aromatic rings. The fraction of sp³-hybridized carbons (Fsp3) is 0.125. The lowest BCUT2D eigenvalue weighted by Gasteiger charge is -2.11. The minimum Gasteiger partial charge on any atom is -0.493 e. The van der Waals surface area contributed by atoms with E-state index in [1.165, 1.54) is 11.8 Å². The van der Waals surface area contributed by atoms with Gasteiger partial charge in [-0.15, -0.1) is 5.10 Å². The molecule has 1 heterocycles. The summed E-state index contributed by atoms with van der Waals surface area (Å²) in [6.07, 6.45) is 0.733. The van der Waals surface area contributed by atoms with E-state index in [2.05, 4.69) is 15.5 Å². The van der Waals surface area contributed by atoms with Crippen molar-refractivity contribution in [3.63, 3.8) is 0 Å². The van der Waals surface area contributed by atoms with Crippen LogP contribution >= 0.6 is 23.2 Å². The Hall–Kier alpha value is -2.64. The predicted octanol–water partition coefficient (Wildman–Crippen LogP) is 3.37. The van der Waals surface area contributed by atoms with Gasteiger partial charge in [0.15, 0.2) is 23.9 Å². The summed E-state index contributed by atoms with van der Waals surface area (Å²) in [5.41, 5.74) is 1.14. The molecule has 0 saturated heterocycles. The third kappa shape index (κ3) is 3.72. The molecule has 0 amide bonds. The van der Waals surface area contributed by atoms with Crippen LogP contribution in [0, 0.1) is 0 Å². The van der Waals surface area contributed by atoms with Crippen LogP contribution < -0.4 is 9.47 Å². The highest BCUT2D eigenvalue weighted by Crippen LogP contribution is 2.29. The van der Waals surface area contributed by atoms with E-state index < -0.39 is 0 Å². The molecular weight excluding hydrogens is 367 g/mol. The van der Waals surface area contributed by atoms with Gasteiger partial charge in [-0.1, -0.05) is 23.2 Å². The first-order chi connectivity index (χ1) is 12.1. The maximum absolute atomic E-state index is 10.8. The first kappa shape index (κ1) is 17.2. The van der Waals surface area contributed by atoms with Gasteiger partial charge in [-0.25, -0.2) is 0 Å². The zero-order chi connectivity index (χ0) is 17.8. The fourth-order valence-electron chi connectivity index (χ4n) is 2.13. The van der Waals surface area contributed by atoms with Crippen molar-refractivity contribution < 1.29 is 14.3 Å². The molecule has 0 N–H and O–H groups in total. The molecule has 9 heteroatoms. The number of hydrogen-bond donors (Lipinski definition) is 0. The maximum atomic E-state index is 10.8. The zero-order valence-corrected chi connectivity index (χ0v) is 14.5. The molecule has 0 saturated carbocycles. The van der Waals surface area contributed by atoms with Gasteiger partial charge in [0, 0.05) is 5.56 Å². The normalized spacial score (nSPS) is 10.5. The second kappa shape index (κ2) is 7.50. The lowest BCUT2D eigenvalue weighted by atomic mass is 10.2. The number of ether oxygens (including phenoxy) is 2. The van der Waals surface area contributed by atoms with Crippen LogP contribution in [0.2, 0.25) is 10.0 Å². The highest BCUT2D eigenvalue weighted by Gasteiger charge is 2.12. The Kier molecular flexibility index (Phi) is 5.16. The zero-order valence-electron chi connectivity index (χ0n) is 13.0. The predicted molar refractivity (Wildman–Crippen MR) is 91.9 cm³/mol. The van der Waals surface area contributed by atoms with Crippen LogP contribution in [0.1, 0.15) is 16.2 Å². The Balaban J connectivity index is 1.82. The molecule has 0 spiro atoms. The van der Waals surface area contributed by atoms with E-state index in [0.29, 0.717) is 38.6 Å². The topological polar surface area (TPSA) is 79.1 Å². The lowest BCUT2D eigenvalue weighted by Crippen LogP contribution is -2.07. The number of halogens is 2. The second-order valence-corrected chi connectivity index (χ2v) is 5.74. The van der Waals surface area contributed by atoms with Crippen LogP contribution in [0.3, 0.4) is 0 Å². The first-order valence-electron chi connectivity index (χ1n) is 7.11. The van der Waals surface area contributed by atoms with Crippen molar-refractivity contribution in [2.75, 3.05) is 7.11 Å². The summed E-state index contributed by atoms with van der Waals surface area (Å²) in [7, 11) is 1.50. The van der Waals surface area contributed by atoms with Crippen molar-refractivity contribution in [3.8, 4) is 17.2 Å². The monoisotopic (exact) mass is 378 g/mol. The van der Waals surface area contributed by atoms with E-state index in [0.717, 1.165) is 6.29 Å². The molecule has 2 aromatic carbocycles. The Labute approximate surface area is 153 Å². The summed E-state index contributed by atoms with van der Waals surface area (Å²) in [5, 5.41) is 12.4. The van der Waals surface area contributed by atoms with Gasteiger partial charge < -0.3 is 9.47 Å². The molecule has 0 aliphatic rings. The molecule has 0 aliphatic heterocycles. The molecular formula is C16H12Cl2N4O3. The van der Waals surface area contributed by atoms with Gasteiger partial charge in [0.1, 0.15) is 6.29 Å². The molecule has 0 atom stereocenters. The number of carbonyl (C=O) groups excluding carboxylic acids is 1. The molecule has 0 fully saturated rings. The van der Waals surface area contributed by atoms with Crippen LogP contribution in [-0.2, 0) is 6.61 Å².